The summed E-state index contributed by atoms with van der Waals surface area (Å²) in [5.74, 6) is 1.17. The Morgan fingerprint density at radius 3 is 2.62 bits per heavy atom. The van der Waals surface area contributed by atoms with Crippen molar-refractivity contribution in [3.05, 3.63) is 0 Å². The second-order valence-corrected chi connectivity index (χ2v) is 8.98. The Labute approximate surface area is 129 Å². The van der Waals surface area contributed by atoms with Crippen LogP contribution in [0.2, 0.25) is 0 Å². The molecule has 2 rings (SSSR count). The average Bonchev–Trinajstić information content (AvgIpc) is 2.48. The summed E-state index contributed by atoms with van der Waals surface area (Å²) in [7, 11) is -2.87. The molecule has 1 saturated carbocycles. The Morgan fingerprint density at radius 1 is 1.14 bits per heavy atom. The number of carbonyl (C=O) groups excluding carboxylic acids is 1. The summed E-state index contributed by atoms with van der Waals surface area (Å²) in [5.41, 5.74) is 0. The fourth-order valence-corrected chi connectivity index (χ4v) is 4.66. The minimum Gasteiger partial charge on any atom is -0.300 e. The van der Waals surface area contributed by atoms with Gasteiger partial charge in [-0.3, -0.25) is 9.69 Å². The van der Waals surface area contributed by atoms with Crippen molar-refractivity contribution in [2.45, 2.75) is 64.3 Å². The zero-order valence-electron chi connectivity index (χ0n) is 13.2. The minimum atomic E-state index is -2.87. The SMILES string of the molecule is CCS(=O)(=O)CCCN1CCCCC1C1CCCCC1=O. The molecule has 0 N–H and O–H groups in total. The number of Topliss-reactive ketones (excluding diaryl/α,β-unsaturated/α-hetero) is 1. The molecule has 0 bridgehead atoms. The molecule has 2 atom stereocenters. The van der Waals surface area contributed by atoms with Crippen molar-refractivity contribution in [3.8, 4) is 0 Å². The fraction of sp³-hybridized carbons (Fsp3) is 0.938. The van der Waals surface area contributed by atoms with Gasteiger partial charge < -0.3 is 0 Å². The molecule has 1 saturated heterocycles. The van der Waals surface area contributed by atoms with Crippen LogP contribution in [0.15, 0.2) is 0 Å². The number of ketones is 1. The van der Waals surface area contributed by atoms with Crippen LogP contribution < -0.4 is 0 Å². The van der Waals surface area contributed by atoms with Crippen LogP contribution in [-0.4, -0.2) is 49.7 Å². The predicted octanol–water partition coefficient (Wildman–Crippen LogP) is 2.43. The summed E-state index contributed by atoms with van der Waals surface area (Å²) in [6, 6.07) is 0.371. The van der Waals surface area contributed by atoms with Crippen molar-refractivity contribution < 1.29 is 13.2 Å². The summed E-state index contributed by atoms with van der Waals surface area (Å²) >= 11 is 0. The summed E-state index contributed by atoms with van der Waals surface area (Å²) < 4.78 is 23.2. The molecule has 5 heteroatoms. The van der Waals surface area contributed by atoms with E-state index in [2.05, 4.69) is 4.90 Å². The van der Waals surface area contributed by atoms with Crippen LogP contribution in [-0.2, 0) is 14.6 Å². The molecule has 122 valence electrons. The zero-order chi connectivity index (χ0) is 15.3. The Bertz CT molecular complexity index is 446. The first-order valence-corrected chi connectivity index (χ1v) is 10.3. The highest BCUT2D eigenvalue weighted by Crippen LogP contribution is 2.31. The van der Waals surface area contributed by atoms with Gasteiger partial charge in [0.15, 0.2) is 0 Å². The number of sulfone groups is 1. The Morgan fingerprint density at radius 2 is 1.90 bits per heavy atom. The zero-order valence-corrected chi connectivity index (χ0v) is 14.0. The molecule has 1 aliphatic carbocycles. The van der Waals surface area contributed by atoms with Crippen molar-refractivity contribution in [2.24, 2.45) is 5.92 Å². The molecule has 21 heavy (non-hydrogen) atoms. The van der Waals surface area contributed by atoms with Gasteiger partial charge in [-0.25, -0.2) is 8.42 Å². The number of nitrogens with zero attached hydrogens (tertiary/aromatic N) is 1. The van der Waals surface area contributed by atoms with Crippen molar-refractivity contribution in [2.75, 3.05) is 24.6 Å². The number of hydrogen-bond acceptors (Lipinski definition) is 4. The van der Waals surface area contributed by atoms with E-state index in [9.17, 15) is 13.2 Å². The second kappa shape index (κ2) is 7.73. The van der Waals surface area contributed by atoms with Crippen LogP contribution in [0.25, 0.3) is 0 Å². The summed E-state index contributed by atoms with van der Waals surface area (Å²) in [4.78, 5) is 14.6. The lowest BCUT2D eigenvalue weighted by Gasteiger charge is -2.41. The third-order valence-corrected chi connectivity index (χ3v) is 6.86. The highest BCUT2D eigenvalue weighted by atomic mass is 32.2. The minimum absolute atomic E-state index is 0.210. The molecule has 1 heterocycles. The van der Waals surface area contributed by atoms with Crippen LogP contribution in [0.3, 0.4) is 0 Å². The van der Waals surface area contributed by atoms with E-state index in [4.69, 9.17) is 0 Å². The van der Waals surface area contributed by atoms with Gasteiger partial charge in [0.1, 0.15) is 15.6 Å². The first-order chi connectivity index (χ1) is 10.0. The Kier molecular flexibility index (Phi) is 6.23. The lowest BCUT2D eigenvalue weighted by molar-refractivity contribution is -0.127. The molecule has 0 amide bonds. The predicted molar refractivity (Wildman–Crippen MR) is 85.1 cm³/mol. The van der Waals surface area contributed by atoms with Crippen molar-refractivity contribution >= 4 is 15.6 Å². The van der Waals surface area contributed by atoms with Gasteiger partial charge in [0, 0.05) is 24.1 Å². The molecule has 0 spiro atoms. The Hall–Kier alpha value is -0.420. The quantitative estimate of drug-likeness (QED) is 0.755. The van der Waals surface area contributed by atoms with Crippen LogP contribution in [0.5, 0.6) is 0 Å². The van der Waals surface area contributed by atoms with Gasteiger partial charge in [0.25, 0.3) is 0 Å². The third-order valence-electron chi connectivity index (χ3n) is 5.07. The molecule has 1 aliphatic heterocycles. The van der Waals surface area contributed by atoms with Crippen LogP contribution >= 0.6 is 0 Å². The van der Waals surface area contributed by atoms with E-state index in [1.165, 1.54) is 19.3 Å². The molecule has 0 radical (unpaired) electrons. The molecule has 0 aromatic rings. The maximum absolute atomic E-state index is 12.2. The highest BCUT2D eigenvalue weighted by Gasteiger charge is 2.35. The van der Waals surface area contributed by atoms with Gasteiger partial charge in [-0.1, -0.05) is 19.8 Å². The number of likely N-dealkylation sites (tertiary alicyclic amines) is 1. The largest absolute Gasteiger partial charge is 0.300 e. The molecule has 0 aromatic carbocycles. The molecular formula is C16H29NO3S. The van der Waals surface area contributed by atoms with Gasteiger partial charge >= 0.3 is 0 Å². The number of carbonyl (C=O) groups is 1. The topological polar surface area (TPSA) is 54.5 Å². The van der Waals surface area contributed by atoms with E-state index in [0.29, 0.717) is 18.2 Å². The third kappa shape index (κ3) is 4.78. The van der Waals surface area contributed by atoms with Gasteiger partial charge in [-0.05, 0) is 45.2 Å². The maximum Gasteiger partial charge on any atom is 0.150 e. The van der Waals surface area contributed by atoms with Crippen LogP contribution in [0.1, 0.15) is 58.3 Å². The molecule has 2 unspecified atom stereocenters. The molecule has 2 fully saturated rings. The smallest absolute Gasteiger partial charge is 0.150 e. The van der Waals surface area contributed by atoms with E-state index < -0.39 is 9.84 Å². The summed E-state index contributed by atoms with van der Waals surface area (Å²) in [6.07, 6.45) is 8.20. The van der Waals surface area contributed by atoms with Gasteiger partial charge in [0.05, 0.1) is 5.75 Å². The monoisotopic (exact) mass is 315 g/mol. The number of hydrogen-bond donors (Lipinski definition) is 0. The van der Waals surface area contributed by atoms with Crippen molar-refractivity contribution in [1.82, 2.24) is 4.90 Å². The maximum atomic E-state index is 12.2. The molecular weight excluding hydrogens is 286 g/mol. The molecule has 0 aromatic heterocycles. The van der Waals surface area contributed by atoms with Crippen LogP contribution in [0.4, 0.5) is 0 Å². The van der Waals surface area contributed by atoms with E-state index >= 15 is 0 Å². The molecule has 4 nitrogen and oxygen atoms in total. The van der Waals surface area contributed by atoms with Crippen molar-refractivity contribution in [1.29, 1.82) is 0 Å². The standard InChI is InChI=1S/C16H29NO3S/c1-2-21(19,20)13-7-12-17-11-6-5-9-15(17)14-8-3-4-10-16(14)18/h14-15H,2-13H2,1H3. The number of piperidine rings is 1. The van der Waals surface area contributed by atoms with Gasteiger partial charge in [-0.15, -0.1) is 0 Å². The van der Waals surface area contributed by atoms with E-state index in [1.807, 2.05) is 0 Å². The highest BCUT2D eigenvalue weighted by molar-refractivity contribution is 7.91. The first-order valence-electron chi connectivity index (χ1n) is 8.50. The summed E-state index contributed by atoms with van der Waals surface area (Å²) in [5, 5.41) is 0. The number of rotatable bonds is 6. The summed E-state index contributed by atoms with van der Waals surface area (Å²) in [6.45, 7) is 3.56. The lowest BCUT2D eigenvalue weighted by atomic mass is 9.79. The van der Waals surface area contributed by atoms with E-state index in [1.54, 1.807) is 6.92 Å². The van der Waals surface area contributed by atoms with Crippen molar-refractivity contribution in [3.63, 3.8) is 0 Å². The Balaban J connectivity index is 1.91. The second-order valence-electron chi connectivity index (χ2n) is 6.51. The van der Waals surface area contributed by atoms with Gasteiger partial charge in [-0.2, -0.15) is 0 Å². The van der Waals surface area contributed by atoms with E-state index in [-0.39, 0.29) is 17.4 Å². The first kappa shape index (κ1) is 16.9. The molecule has 2 aliphatic rings. The van der Waals surface area contributed by atoms with Gasteiger partial charge in [0.2, 0.25) is 0 Å². The van der Waals surface area contributed by atoms with Crippen LogP contribution in [0, 0.1) is 5.92 Å². The lowest BCUT2D eigenvalue weighted by Crippen LogP contribution is -2.48. The van der Waals surface area contributed by atoms with E-state index in [0.717, 1.165) is 38.8 Å². The normalized spacial score (nSPS) is 28.7. The fourth-order valence-electron chi connectivity index (χ4n) is 3.80. The average molecular weight is 315 g/mol.